The number of ether oxygens (including phenoxy) is 1. The van der Waals surface area contributed by atoms with Crippen LogP contribution in [0, 0.1) is 19.8 Å². The summed E-state index contributed by atoms with van der Waals surface area (Å²) in [6.07, 6.45) is 2.49. The van der Waals surface area contributed by atoms with Crippen LogP contribution in [0.25, 0.3) is 0 Å². The fraction of sp³-hybridized carbons (Fsp3) is 0.778. The van der Waals surface area contributed by atoms with Gasteiger partial charge in [-0.3, -0.25) is 0 Å². The van der Waals surface area contributed by atoms with Crippen LogP contribution >= 0.6 is 0 Å². The van der Waals surface area contributed by atoms with Crippen molar-refractivity contribution in [3.8, 4) is 0 Å². The molecule has 2 saturated heterocycles. The Morgan fingerprint density at radius 3 is 2.54 bits per heavy atom. The normalized spacial score (nSPS) is 22.3. The molecule has 6 heteroatoms. The van der Waals surface area contributed by atoms with Gasteiger partial charge in [0.1, 0.15) is 5.82 Å². The van der Waals surface area contributed by atoms with Crippen LogP contribution < -0.4 is 9.80 Å². The molecule has 6 nitrogen and oxygen atoms in total. The first-order chi connectivity index (χ1) is 11.5. The molecule has 0 bridgehead atoms. The fourth-order valence-electron chi connectivity index (χ4n) is 3.67. The first-order valence-corrected chi connectivity index (χ1v) is 9.12. The summed E-state index contributed by atoms with van der Waals surface area (Å²) in [7, 11) is 4.25. The molecule has 2 aliphatic heterocycles. The molecule has 1 aromatic heterocycles. The Bertz CT molecular complexity index is 557. The van der Waals surface area contributed by atoms with Gasteiger partial charge in [-0.2, -0.15) is 4.98 Å². The van der Waals surface area contributed by atoms with Crippen molar-refractivity contribution in [1.29, 1.82) is 0 Å². The molecule has 0 spiro atoms. The van der Waals surface area contributed by atoms with Gasteiger partial charge >= 0.3 is 0 Å². The Morgan fingerprint density at radius 2 is 1.83 bits per heavy atom. The molecular formula is C18H31N5O. The zero-order chi connectivity index (χ0) is 17.1. The number of aryl methyl sites for hydroxylation is 1. The van der Waals surface area contributed by atoms with E-state index in [2.05, 4.69) is 42.6 Å². The highest BCUT2D eigenvalue weighted by Gasteiger charge is 2.24. The van der Waals surface area contributed by atoms with Gasteiger partial charge in [0.2, 0.25) is 5.95 Å². The van der Waals surface area contributed by atoms with Gasteiger partial charge in [0.05, 0.1) is 13.2 Å². The van der Waals surface area contributed by atoms with Crippen LogP contribution in [0.4, 0.5) is 11.8 Å². The SMILES string of the molecule is Cc1nc(N2CCCC2)nc(N2CCOCC(CN(C)C)C2)c1C. The maximum Gasteiger partial charge on any atom is 0.227 e. The topological polar surface area (TPSA) is 44.7 Å². The van der Waals surface area contributed by atoms with E-state index >= 15 is 0 Å². The number of rotatable bonds is 4. The summed E-state index contributed by atoms with van der Waals surface area (Å²) in [6.45, 7) is 10.9. The average molecular weight is 333 g/mol. The zero-order valence-corrected chi connectivity index (χ0v) is 15.6. The van der Waals surface area contributed by atoms with Crippen LogP contribution in [-0.2, 0) is 4.74 Å². The Hall–Kier alpha value is -1.40. The second kappa shape index (κ2) is 7.66. The molecule has 134 valence electrons. The fourth-order valence-corrected chi connectivity index (χ4v) is 3.67. The van der Waals surface area contributed by atoms with Gasteiger partial charge in [0.25, 0.3) is 0 Å². The molecule has 2 fully saturated rings. The first-order valence-electron chi connectivity index (χ1n) is 9.12. The highest BCUT2D eigenvalue weighted by Crippen LogP contribution is 2.26. The Kier molecular flexibility index (Phi) is 5.56. The van der Waals surface area contributed by atoms with Crippen molar-refractivity contribution in [2.75, 3.05) is 69.8 Å². The van der Waals surface area contributed by atoms with Crippen molar-refractivity contribution in [2.45, 2.75) is 26.7 Å². The van der Waals surface area contributed by atoms with E-state index in [1.165, 1.54) is 18.4 Å². The second-order valence-electron chi connectivity index (χ2n) is 7.40. The van der Waals surface area contributed by atoms with Crippen LogP contribution in [0.2, 0.25) is 0 Å². The standard InChI is InChI=1S/C18H31N5O/c1-14-15(2)19-18(22-7-5-6-8-22)20-17(14)23-9-10-24-13-16(12-23)11-21(3)4/h16H,5-13H2,1-4H3. The van der Waals surface area contributed by atoms with Crippen molar-refractivity contribution in [3.05, 3.63) is 11.3 Å². The van der Waals surface area contributed by atoms with Crippen molar-refractivity contribution in [3.63, 3.8) is 0 Å². The lowest BCUT2D eigenvalue weighted by molar-refractivity contribution is 0.113. The van der Waals surface area contributed by atoms with E-state index in [1.54, 1.807) is 0 Å². The lowest BCUT2D eigenvalue weighted by atomic mass is 10.1. The molecule has 24 heavy (non-hydrogen) atoms. The number of hydrogen-bond donors (Lipinski definition) is 0. The maximum absolute atomic E-state index is 5.84. The minimum Gasteiger partial charge on any atom is -0.379 e. The van der Waals surface area contributed by atoms with Gasteiger partial charge in [0, 0.05) is 49.9 Å². The third-order valence-corrected chi connectivity index (χ3v) is 5.00. The quantitative estimate of drug-likeness (QED) is 0.836. The molecule has 0 aliphatic carbocycles. The average Bonchev–Trinajstić information content (AvgIpc) is 2.97. The van der Waals surface area contributed by atoms with Crippen LogP contribution in [-0.4, -0.2) is 74.9 Å². The lowest BCUT2D eigenvalue weighted by Gasteiger charge is -2.29. The number of nitrogens with zero attached hydrogens (tertiary/aromatic N) is 5. The lowest BCUT2D eigenvalue weighted by Crippen LogP contribution is -2.36. The van der Waals surface area contributed by atoms with Gasteiger partial charge in [-0.15, -0.1) is 0 Å². The van der Waals surface area contributed by atoms with E-state index in [-0.39, 0.29) is 0 Å². The van der Waals surface area contributed by atoms with Crippen molar-refractivity contribution < 1.29 is 4.74 Å². The summed E-state index contributed by atoms with van der Waals surface area (Å²) in [4.78, 5) is 16.7. The summed E-state index contributed by atoms with van der Waals surface area (Å²) in [5, 5.41) is 0. The molecule has 0 amide bonds. The largest absolute Gasteiger partial charge is 0.379 e. The highest BCUT2D eigenvalue weighted by atomic mass is 16.5. The summed E-state index contributed by atoms with van der Waals surface area (Å²) < 4.78 is 5.84. The van der Waals surface area contributed by atoms with Gasteiger partial charge in [-0.1, -0.05) is 0 Å². The molecule has 1 atom stereocenters. The van der Waals surface area contributed by atoms with Crippen LogP contribution in [0.5, 0.6) is 0 Å². The summed E-state index contributed by atoms with van der Waals surface area (Å²) >= 11 is 0. The molecule has 1 aromatic rings. The van der Waals surface area contributed by atoms with Crippen molar-refractivity contribution in [2.24, 2.45) is 5.92 Å². The molecule has 1 unspecified atom stereocenters. The monoisotopic (exact) mass is 333 g/mol. The molecule has 2 aliphatic rings. The Balaban J connectivity index is 1.85. The zero-order valence-electron chi connectivity index (χ0n) is 15.6. The molecule has 0 radical (unpaired) electrons. The summed E-state index contributed by atoms with van der Waals surface area (Å²) in [6, 6.07) is 0. The summed E-state index contributed by atoms with van der Waals surface area (Å²) in [5.74, 6) is 2.51. The molecule has 0 saturated carbocycles. The minimum atomic E-state index is 0.507. The predicted molar refractivity (Wildman–Crippen MR) is 98.0 cm³/mol. The Morgan fingerprint density at radius 1 is 1.08 bits per heavy atom. The first kappa shape index (κ1) is 17.4. The highest BCUT2D eigenvalue weighted by molar-refractivity contribution is 5.53. The van der Waals surface area contributed by atoms with E-state index in [0.717, 1.165) is 63.4 Å². The van der Waals surface area contributed by atoms with E-state index in [4.69, 9.17) is 14.7 Å². The van der Waals surface area contributed by atoms with Crippen molar-refractivity contribution in [1.82, 2.24) is 14.9 Å². The van der Waals surface area contributed by atoms with Gasteiger partial charge < -0.3 is 19.4 Å². The minimum absolute atomic E-state index is 0.507. The second-order valence-corrected chi connectivity index (χ2v) is 7.40. The number of aromatic nitrogens is 2. The molecule has 0 N–H and O–H groups in total. The smallest absolute Gasteiger partial charge is 0.227 e. The predicted octanol–water partition coefficient (Wildman–Crippen LogP) is 1.71. The van der Waals surface area contributed by atoms with E-state index in [9.17, 15) is 0 Å². The van der Waals surface area contributed by atoms with Gasteiger partial charge in [-0.25, -0.2) is 4.98 Å². The third-order valence-electron chi connectivity index (χ3n) is 5.00. The van der Waals surface area contributed by atoms with E-state index in [0.29, 0.717) is 5.92 Å². The molecule has 0 aromatic carbocycles. The van der Waals surface area contributed by atoms with Crippen molar-refractivity contribution >= 4 is 11.8 Å². The van der Waals surface area contributed by atoms with Gasteiger partial charge in [-0.05, 0) is 40.8 Å². The Labute approximate surface area is 145 Å². The summed E-state index contributed by atoms with van der Waals surface area (Å²) in [5.41, 5.74) is 2.29. The third kappa shape index (κ3) is 3.98. The number of hydrogen-bond acceptors (Lipinski definition) is 6. The van der Waals surface area contributed by atoms with Crippen LogP contribution in [0.1, 0.15) is 24.1 Å². The molecular weight excluding hydrogens is 302 g/mol. The molecule has 3 rings (SSSR count). The molecule has 3 heterocycles. The number of anilines is 2. The van der Waals surface area contributed by atoms with E-state index < -0.39 is 0 Å². The maximum atomic E-state index is 5.84. The van der Waals surface area contributed by atoms with E-state index in [1.807, 2.05) is 0 Å². The van der Waals surface area contributed by atoms with Crippen LogP contribution in [0.3, 0.4) is 0 Å². The van der Waals surface area contributed by atoms with Crippen LogP contribution in [0.15, 0.2) is 0 Å². The van der Waals surface area contributed by atoms with Gasteiger partial charge in [0.15, 0.2) is 0 Å².